The molecule has 1 atom stereocenters. The Kier molecular flexibility index (Phi) is 4.37. The van der Waals surface area contributed by atoms with Crippen molar-refractivity contribution >= 4 is 0 Å². The number of benzene rings is 1. The van der Waals surface area contributed by atoms with Gasteiger partial charge in [0.15, 0.2) is 0 Å². The molecule has 0 aliphatic carbocycles. The van der Waals surface area contributed by atoms with Crippen molar-refractivity contribution in [2.45, 2.75) is 33.2 Å². The molecule has 2 aromatic rings. The highest BCUT2D eigenvalue weighted by atomic mass is 16.5. The van der Waals surface area contributed by atoms with E-state index < -0.39 is 0 Å². The Hall–Kier alpha value is -3.00. The molecule has 0 unspecified atom stereocenters. The molecule has 25 heavy (non-hydrogen) atoms. The van der Waals surface area contributed by atoms with Gasteiger partial charge < -0.3 is 15.0 Å². The van der Waals surface area contributed by atoms with Crippen molar-refractivity contribution in [1.82, 2.24) is 4.57 Å². The first-order valence-corrected chi connectivity index (χ1v) is 8.30. The summed E-state index contributed by atoms with van der Waals surface area (Å²) in [5.41, 5.74) is 8.48. The van der Waals surface area contributed by atoms with Crippen LogP contribution in [-0.2, 0) is 6.54 Å². The smallest absolute Gasteiger partial charge is 0.258 e. The second-order valence-corrected chi connectivity index (χ2v) is 6.65. The predicted octanol–water partition coefficient (Wildman–Crippen LogP) is 3.03. The summed E-state index contributed by atoms with van der Waals surface area (Å²) in [6, 6.07) is 13.8. The van der Waals surface area contributed by atoms with Crippen molar-refractivity contribution in [3.8, 4) is 11.8 Å². The van der Waals surface area contributed by atoms with E-state index in [1.165, 1.54) is 0 Å². The highest BCUT2D eigenvalue weighted by molar-refractivity contribution is 5.50. The van der Waals surface area contributed by atoms with Crippen molar-refractivity contribution in [2.75, 3.05) is 0 Å². The van der Waals surface area contributed by atoms with Gasteiger partial charge >= 0.3 is 0 Å². The Bertz CT molecular complexity index is 934. The quantitative estimate of drug-likeness (QED) is 0.935. The van der Waals surface area contributed by atoms with E-state index in [9.17, 15) is 10.1 Å². The van der Waals surface area contributed by atoms with Crippen molar-refractivity contribution in [2.24, 2.45) is 11.7 Å². The molecule has 1 aliphatic rings. The van der Waals surface area contributed by atoms with E-state index in [1.54, 1.807) is 4.57 Å². The lowest BCUT2D eigenvalue weighted by molar-refractivity contribution is 0.366. The van der Waals surface area contributed by atoms with Gasteiger partial charge in [-0.25, -0.2) is 0 Å². The molecule has 2 heterocycles. The third-order valence-electron chi connectivity index (χ3n) is 4.58. The minimum Gasteiger partial charge on any atom is -0.440 e. The predicted molar refractivity (Wildman–Crippen MR) is 96.0 cm³/mol. The van der Waals surface area contributed by atoms with Crippen LogP contribution in [0.3, 0.4) is 0 Å². The summed E-state index contributed by atoms with van der Waals surface area (Å²) in [6.45, 7) is 6.30. The van der Waals surface area contributed by atoms with Crippen LogP contribution in [0, 0.1) is 24.2 Å². The van der Waals surface area contributed by atoms with Crippen molar-refractivity contribution in [1.29, 1.82) is 5.26 Å². The molecule has 1 aliphatic heterocycles. The van der Waals surface area contributed by atoms with E-state index in [2.05, 4.69) is 6.07 Å². The first-order valence-electron chi connectivity index (χ1n) is 8.30. The van der Waals surface area contributed by atoms with Gasteiger partial charge in [0.1, 0.15) is 11.8 Å². The first-order chi connectivity index (χ1) is 11.9. The third kappa shape index (κ3) is 2.91. The largest absolute Gasteiger partial charge is 0.440 e. The molecule has 0 spiro atoms. The van der Waals surface area contributed by atoms with Gasteiger partial charge in [-0.05, 0) is 18.4 Å². The van der Waals surface area contributed by atoms with Crippen LogP contribution in [0.2, 0.25) is 0 Å². The van der Waals surface area contributed by atoms with Gasteiger partial charge in [-0.15, -0.1) is 0 Å². The molecular formula is C20H21N3O2. The molecule has 3 rings (SSSR count). The Labute approximate surface area is 147 Å². The fourth-order valence-corrected chi connectivity index (χ4v) is 3.35. The van der Waals surface area contributed by atoms with Gasteiger partial charge in [0, 0.05) is 17.7 Å². The van der Waals surface area contributed by atoms with Gasteiger partial charge in [0.25, 0.3) is 5.56 Å². The van der Waals surface area contributed by atoms with Crippen LogP contribution >= 0.6 is 0 Å². The molecule has 0 radical (unpaired) electrons. The SMILES string of the molecule is Cc1cc2c(c(=O)n1Cc1ccccc1)[C@@H](C(C)C)C(C#N)=C(N)O2. The van der Waals surface area contributed by atoms with E-state index in [0.29, 0.717) is 23.4 Å². The maximum Gasteiger partial charge on any atom is 0.258 e. The summed E-state index contributed by atoms with van der Waals surface area (Å²) in [5.74, 6) is 0.246. The maximum absolute atomic E-state index is 13.2. The van der Waals surface area contributed by atoms with E-state index in [1.807, 2.05) is 57.2 Å². The van der Waals surface area contributed by atoms with Crippen molar-refractivity contribution in [3.63, 3.8) is 0 Å². The second-order valence-electron chi connectivity index (χ2n) is 6.65. The zero-order valence-electron chi connectivity index (χ0n) is 14.6. The van der Waals surface area contributed by atoms with E-state index in [0.717, 1.165) is 11.3 Å². The van der Waals surface area contributed by atoms with Crippen LogP contribution in [0.15, 0.2) is 52.6 Å². The number of ether oxygens (including phenoxy) is 1. The van der Waals surface area contributed by atoms with Gasteiger partial charge in [0.05, 0.1) is 17.7 Å². The number of allylic oxidation sites excluding steroid dienone is 1. The van der Waals surface area contributed by atoms with Crippen LogP contribution in [0.25, 0.3) is 0 Å². The molecule has 0 fully saturated rings. The Balaban J connectivity index is 2.18. The standard InChI is InChI=1S/C20H21N3O2/c1-12(2)17-15(10-21)19(22)25-16-9-13(3)23(20(24)18(16)17)11-14-7-5-4-6-8-14/h4-9,12,17H,11,22H2,1-3H3/t17-/m0/s1. The minimum atomic E-state index is -0.358. The number of nitrogens with two attached hydrogens (primary N) is 1. The Morgan fingerprint density at radius 3 is 2.60 bits per heavy atom. The number of aromatic nitrogens is 1. The third-order valence-corrected chi connectivity index (χ3v) is 4.58. The second kappa shape index (κ2) is 6.48. The fourth-order valence-electron chi connectivity index (χ4n) is 3.35. The van der Waals surface area contributed by atoms with Crippen LogP contribution in [0.5, 0.6) is 5.75 Å². The highest BCUT2D eigenvalue weighted by Crippen LogP contribution is 2.40. The maximum atomic E-state index is 13.2. The monoisotopic (exact) mass is 335 g/mol. The molecule has 5 nitrogen and oxygen atoms in total. The normalized spacial score (nSPS) is 16.4. The summed E-state index contributed by atoms with van der Waals surface area (Å²) in [6.07, 6.45) is 0. The molecule has 2 N–H and O–H groups in total. The number of aryl methyl sites for hydroxylation is 1. The summed E-state index contributed by atoms with van der Waals surface area (Å²) < 4.78 is 7.33. The molecule has 0 saturated carbocycles. The van der Waals surface area contributed by atoms with E-state index in [-0.39, 0.29) is 23.3 Å². The van der Waals surface area contributed by atoms with Crippen LogP contribution in [-0.4, -0.2) is 4.57 Å². The molecule has 1 aromatic heterocycles. The Morgan fingerprint density at radius 2 is 2.00 bits per heavy atom. The van der Waals surface area contributed by atoms with Crippen molar-refractivity contribution < 1.29 is 4.74 Å². The summed E-state index contributed by atoms with van der Waals surface area (Å²) in [5, 5.41) is 9.48. The topological polar surface area (TPSA) is 81.0 Å². The minimum absolute atomic E-state index is 0.0523. The number of hydrogen-bond acceptors (Lipinski definition) is 4. The zero-order valence-corrected chi connectivity index (χ0v) is 14.6. The number of pyridine rings is 1. The van der Waals surface area contributed by atoms with Gasteiger partial charge in [0.2, 0.25) is 5.88 Å². The summed E-state index contributed by atoms with van der Waals surface area (Å²) >= 11 is 0. The molecule has 5 heteroatoms. The first kappa shape index (κ1) is 16.8. The van der Waals surface area contributed by atoms with Gasteiger partial charge in [-0.2, -0.15) is 5.26 Å². The molecule has 0 amide bonds. The van der Waals surface area contributed by atoms with Crippen molar-refractivity contribution in [3.05, 3.63) is 75.0 Å². The lowest BCUT2D eigenvalue weighted by Crippen LogP contribution is -2.34. The molecular weight excluding hydrogens is 314 g/mol. The van der Waals surface area contributed by atoms with E-state index >= 15 is 0 Å². The fraction of sp³-hybridized carbons (Fsp3) is 0.300. The van der Waals surface area contributed by atoms with Crippen LogP contribution in [0.1, 0.15) is 36.6 Å². The molecule has 0 saturated heterocycles. The average Bonchev–Trinajstić information content (AvgIpc) is 2.58. The van der Waals surface area contributed by atoms with Crippen LogP contribution < -0.4 is 16.0 Å². The molecule has 128 valence electrons. The van der Waals surface area contributed by atoms with Gasteiger partial charge in [-0.1, -0.05) is 44.2 Å². The zero-order chi connectivity index (χ0) is 18.1. The average molecular weight is 335 g/mol. The number of hydrogen-bond donors (Lipinski definition) is 1. The summed E-state index contributed by atoms with van der Waals surface area (Å²) in [4.78, 5) is 13.2. The number of nitrogens with zero attached hydrogens (tertiary/aromatic N) is 2. The molecule has 0 bridgehead atoms. The van der Waals surface area contributed by atoms with Gasteiger partial charge in [-0.3, -0.25) is 4.79 Å². The summed E-state index contributed by atoms with van der Waals surface area (Å²) in [7, 11) is 0. The Morgan fingerprint density at radius 1 is 1.32 bits per heavy atom. The highest BCUT2D eigenvalue weighted by Gasteiger charge is 2.34. The lowest BCUT2D eigenvalue weighted by atomic mass is 9.81. The van der Waals surface area contributed by atoms with E-state index in [4.69, 9.17) is 10.5 Å². The number of nitriles is 1. The number of fused-ring (bicyclic) bond motifs is 1. The van der Waals surface area contributed by atoms with Crippen LogP contribution in [0.4, 0.5) is 0 Å². The molecule has 1 aromatic carbocycles. The number of rotatable bonds is 3. The lowest BCUT2D eigenvalue weighted by Gasteiger charge is -2.29.